The molecule has 3 rings (SSSR count). The van der Waals surface area contributed by atoms with Crippen molar-refractivity contribution in [3.8, 4) is 11.5 Å². The molecule has 1 saturated heterocycles. The van der Waals surface area contributed by atoms with E-state index in [-0.39, 0.29) is 12.5 Å². The fraction of sp³-hybridized carbons (Fsp3) is 0.588. The molecule has 0 spiro atoms. The summed E-state index contributed by atoms with van der Waals surface area (Å²) in [6.45, 7) is 4.49. The molecule has 2 aliphatic heterocycles. The highest BCUT2D eigenvalue weighted by molar-refractivity contribution is 5.80. The lowest BCUT2D eigenvalue weighted by atomic mass is 9.85. The van der Waals surface area contributed by atoms with E-state index in [1.165, 1.54) is 17.0 Å². The first-order valence-corrected chi connectivity index (χ1v) is 8.23. The van der Waals surface area contributed by atoms with Gasteiger partial charge in [-0.15, -0.1) is 13.2 Å². The first-order valence-electron chi connectivity index (χ1n) is 8.23. The average Bonchev–Trinajstić information content (AvgIpc) is 2.49. The molecule has 2 atom stereocenters. The summed E-state index contributed by atoms with van der Waals surface area (Å²) in [5, 5.41) is 10.8. The van der Waals surface area contributed by atoms with Crippen LogP contribution in [0.25, 0.3) is 0 Å². The second kappa shape index (κ2) is 6.31. The van der Waals surface area contributed by atoms with Crippen LogP contribution in [-0.2, 0) is 4.79 Å². The number of hydrogen-bond acceptors (Lipinski definition) is 5. The number of hydrogen-bond donors (Lipinski definition) is 1. The Balaban J connectivity index is 2.02. The Morgan fingerprint density at radius 1 is 1.31 bits per heavy atom. The van der Waals surface area contributed by atoms with Crippen molar-refractivity contribution in [2.24, 2.45) is 0 Å². The second-order valence-electron chi connectivity index (χ2n) is 7.17. The molecule has 2 unspecified atom stereocenters. The number of aliphatic hydroxyl groups excluding tert-OH is 1. The number of carbonyl (C=O) groups excluding carboxylic acids is 1. The van der Waals surface area contributed by atoms with E-state index >= 15 is 0 Å². The average molecular weight is 374 g/mol. The lowest BCUT2D eigenvalue weighted by Gasteiger charge is -2.48. The van der Waals surface area contributed by atoms with E-state index in [4.69, 9.17) is 4.74 Å². The van der Waals surface area contributed by atoms with Gasteiger partial charge < -0.3 is 19.5 Å². The Hall–Kier alpha value is -2.00. The largest absolute Gasteiger partial charge is 0.573 e. The van der Waals surface area contributed by atoms with Crippen LogP contribution in [-0.4, -0.2) is 65.6 Å². The summed E-state index contributed by atoms with van der Waals surface area (Å²) in [6, 6.07) is 2.89. The lowest BCUT2D eigenvalue weighted by Crippen LogP contribution is -2.58. The number of ether oxygens (including phenoxy) is 2. The monoisotopic (exact) mass is 374 g/mol. The SMILES string of the molecule is CN1CCN(C2c3cc(OC(F)(F)F)ccc3OC(C)(C)C2O)C(=O)C1. The third-order valence-corrected chi connectivity index (χ3v) is 4.70. The first kappa shape index (κ1) is 18.8. The van der Waals surface area contributed by atoms with Crippen molar-refractivity contribution < 1.29 is 32.5 Å². The van der Waals surface area contributed by atoms with Gasteiger partial charge in [-0.25, -0.2) is 0 Å². The molecule has 0 aliphatic carbocycles. The van der Waals surface area contributed by atoms with E-state index in [1.807, 2.05) is 11.9 Å². The van der Waals surface area contributed by atoms with Crippen molar-refractivity contribution in [2.75, 3.05) is 26.7 Å². The fourth-order valence-corrected chi connectivity index (χ4v) is 3.38. The van der Waals surface area contributed by atoms with Crippen molar-refractivity contribution in [3.05, 3.63) is 23.8 Å². The normalized spacial score (nSPS) is 26.3. The predicted molar refractivity (Wildman–Crippen MR) is 85.8 cm³/mol. The van der Waals surface area contributed by atoms with Crippen LogP contribution in [0.1, 0.15) is 25.5 Å². The Morgan fingerprint density at radius 3 is 2.62 bits per heavy atom. The summed E-state index contributed by atoms with van der Waals surface area (Å²) in [7, 11) is 1.81. The Morgan fingerprint density at radius 2 is 2.00 bits per heavy atom. The molecule has 2 heterocycles. The maximum Gasteiger partial charge on any atom is 0.573 e. The van der Waals surface area contributed by atoms with Crippen LogP contribution in [0.5, 0.6) is 11.5 Å². The van der Waals surface area contributed by atoms with Gasteiger partial charge >= 0.3 is 6.36 Å². The van der Waals surface area contributed by atoms with Gasteiger partial charge in [0, 0.05) is 18.7 Å². The quantitative estimate of drug-likeness (QED) is 0.857. The van der Waals surface area contributed by atoms with Crippen molar-refractivity contribution in [3.63, 3.8) is 0 Å². The molecule has 1 aromatic carbocycles. The van der Waals surface area contributed by atoms with E-state index in [9.17, 15) is 23.1 Å². The summed E-state index contributed by atoms with van der Waals surface area (Å²) >= 11 is 0. The van der Waals surface area contributed by atoms with Crippen LogP contribution in [0.3, 0.4) is 0 Å². The molecule has 1 N–H and O–H groups in total. The molecule has 0 saturated carbocycles. The second-order valence-corrected chi connectivity index (χ2v) is 7.17. The summed E-state index contributed by atoms with van der Waals surface area (Å²) < 4.78 is 47.4. The maximum absolute atomic E-state index is 12.6. The topological polar surface area (TPSA) is 62.2 Å². The molecule has 144 valence electrons. The summed E-state index contributed by atoms with van der Waals surface area (Å²) in [6.07, 6.45) is -5.94. The van der Waals surface area contributed by atoms with Gasteiger partial charge in [-0.1, -0.05) is 0 Å². The molecule has 6 nitrogen and oxygen atoms in total. The van der Waals surface area contributed by atoms with Crippen LogP contribution < -0.4 is 9.47 Å². The van der Waals surface area contributed by atoms with E-state index in [1.54, 1.807) is 13.8 Å². The number of carbonyl (C=O) groups is 1. The summed E-state index contributed by atoms with van der Waals surface area (Å²) in [4.78, 5) is 15.9. The van der Waals surface area contributed by atoms with Gasteiger partial charge in [0.25, 0.3) is 0 Å². The van der Waals surface area contributed by atoms with Gasteiger partial charge in [-0.3, -0.25) is 9.69 Å². The molecular weight excluding hydrogens is 353 g/mol. The van der Waals surface area contributed by atoms with E-state index in [0.29, 0.717) is 24.4 Å². The Labute approximate surface area is 149 Å². The zero-order chi connectivity index (χ0) is 19.3. The number of aliphatic hydroxyl groups is 1. The summed E-state index contributed by atoms with van der Waals surface area (Å²) in [5.41, 5.74) is -0.704. The number of amides is 1. The molecule has 9 heteroatoms. The minimum absolute atomic E-state index is 0.179. The first-order chi connectivity index (χ1) is 12.0. The van der Waals surface area contributed by atoms with Crippen LogP contribution in [0.4, 0.5) is 13.2 Å². The highest BCUT2D eigenvalue weighted by atomic mass is 19.4. The van der Waals surface area contributed by atoms with Crippen molar-refractivity contribution in [2.45, 2.75) is 38.0 Å². The minimum atomic E-state index is -4.83. The summed E-state index contributed by atoms with van der Waals surface area (Å²) in [5.74, 6) is -0.293. The van der Waals surface area contributed by atoms with Crippen LogP contribution in [0.15, 0.2) is 18.2 Å². The molecule has 0 radical (unpaired) electrons. The third kappa shape index (κ3) is 3.59. The number of nitrogens with zero attached hydrogens (tertiary/aromatic N) is 2. The molecule has 1 fully saturated rings. The number of likely N-dealkylation sites (N-methyl/N-ethyl adjacent to an activating group) is 1. The van der Waals surface area contributed by atoms with Crippen molar-refractivity contribution >= 4 is 5.91 Å². The predicted octanol–water partition coefficient (Wildman–Crippen LogP) is 1.93. The Kier molecular flexibility index (Phi) is 4.56. The van der Waals surface area contributed by atoms with E-state index in [2.05, 4.69) is 4.74 Å². The molecule has 0 aromatic heterocycles. The highest BCUT2D eigenvalue weighted by Crippen LogP contribution is 2.45. The molecule has 2 aliphatic rings. The number of alkyl halides is 3. The van der Waals surface area contributed by atoms with Crippen molar-refractivity contribution in [1.29, 1.82) is 0 Å². The number of piperazine rings is 1. The van der Waals surface area contributed by atoms with E-state index < -0.39 is 29.9 Å². The highest BCUT2D eigenvalue weighted by Gasteiger charge is 2.47. The third-order valence-electron chi connectivity index (χ3n) is 4.70. The number of halogens is 3. The van der Waals surface area contributed by atoms with Gasteiger partial charge in [0.15, 0.2) is 0 Å². The maximum atomic E-state index is 12.6. The van der Waals surface area contributed by atoms with Crippen molar-refractivity contribution in [1.82, 2.24) is 9.80 Å². The number of benzene rings is 1. The van der Waals surface area contributed by atoms with Crippen LogP contribution in [0.2, 0.25) is 0 Å². The van der Waals surface area contributed by atoms with E-state index in [0.717, 1.165) is 6.07 Å². The van der Waals surface area contributed by atoms with Crippen LogP contribution in [0, 0.1) is 0 Å². The smallest absolute Gasteiger partial charge is 0.485 e. The standard InChI is InChI=1S/C17H21F3N2O4/c1-16(2)15(24)14(22-7-6-21(3)9-13(22)23)11-8-10(25-17(18,19)20)4-5-12(11)26-16/h4-5,8,14-15,24H,6-7,9H2,1-3H3. The van der Waals surface area contributed by atoms with Gasteiger partial charge in [0.05, 0.1) is 12.6 Å². The number of rotatable bonds is 2. The number of fused-ring (bicyclic) bond motifs is 1. The fourth-order valence-electron chi connectivity index (χ4n) is 3.38. The lowest BCUT2D eigenvalue weighted by molar-refractivity contribution is -0.274. The zero-order valence-electron chi connectivity index (χ0n) is 14.7. The molecule has 1 amide bonds. The van der Waals surface area contributed by atoms with Gasteiger partial charge in [0.1, 0.15) is 23.2 Å². The Bertz CT molecular complexity index is 708. The molecule has 26 heavy (non-hydrogen) atoms. The zero-order valence-corrected chi connectivity index (χ0v) is 14.7. The molecule has 0 bridgehead atoms. The van der Waals surface area contributed by atoms with Crippen LogP contribution >= 0.6 is 0 Å². The van der Waals surface area contributed by atoms with Gasteiger partial charge in [-0.05, 0) is 39.1 Å². The van der Waals surface area contributed by atoms with Gasteiger partial charge in [-0.2, -0.15) is 0 Å². The molecule has 1 aromatic rings. The minimum Gasteiger partial charge on any atom is -0.485 e. The molecular formula is C17H21F3N2O4. The van der Waals surface area contributed by atoms with Gasteiger partial charge in [0.2, 0.25) is 5.91 Å².